The summed E-state index contributed by atoms with van der Waals surface area (Å²) in [5.41, 5.74) is 5.65. The van der Waals surface area contributed by atoms with E-state index < -0.39 is 6.09 Å². The van der Waals surface area contributed by atoms with Gasteiger partial charge in [0.15, 0.2) is 0 Å². The van der Waals surface area contributed by atoms with Crippen molar-refractivity contribution in [1.29, 1.82) is 0 Å². The minimum Gasteiger partial charge on any atom is -0.450 e. The Hall–Kier alpha value is -1.84. The molecule has 76 valence electrons. The van der Waals surface area contributed by atoms with Gasteiger partial charge in [-0.25, -0.2) is 4.79 Å². The van der Waals surface area contributed by atoms with Crippen LogP contribution in [0.3, 0.4) is 0 Å². The monoisotopic (exact) mass is 194 g/mol. The highest BCUT2D eigenvalue weighted by Gasteiger charge is 1.82. The number of hydrogen-bond donors (Lipinski definition) is 1. The van der Waals surface area contributed by atoms with E-state index in [2.05, 4.69) is 22.0 Å². The van der Waals surface area contributed by atoms with E-state index in [4.69, 9.17) is 0 Å². The van der Waals surface area contributed by atoms with Gasteiger partial charge in [0, 0.05) is 12.4 Å². The van der Waals surface area contributed by atoms with E-state index in [-0.39, 0.29) is 0 Å². The lowest BCUT2D eigenvalue weighted by Crippen LogP contribution is -2.11. The number of carbonyl (C=O) groups is 1. The third-order valence-corrected chi connectivity index (χ3v) is 1.23. The largest absolute Gasteiger partial charge is 0.450 e. The summed E-state index contributed by atoms with van der Waals surface area (Å²) < 4.78 is 4.18. The lowest BCUT2D eigenvalue weighted by molar-refractivity contribution is 0.163. The molecule has 2 N–H and O–H groups in total. The van der Waals surface area contributed by atoms with Gasteiger partial charge < -0.3 is 10.5 Å². The fourth-order valence-corrected chi connectivity index (χ4v) is 0.642. The Morgan fingerprint density at radius 3 is 2.43 bits per heavy atom. The fourth-order valence-electron chi connectivity index (χ4n) is 0.642. The van der Waals surface area contributed by atoms with Gasteiger partial charge in [-0.3, -0.25) is 4.98 Å². The summed E-state index contributed by atoms with van der Waals surface area (Å²) in [6, 6.07) is 3.82. The number of hydrogen-bond acceptors (Lipinski definition) is 3. The van der Waals surface area contributed by atoms with Gasteiger partial charge in [-0.05, 0) is 24.6 Å². The van der Waals surface area contributed by atoms with Gasteiger partial charge in [0.1, 0.15) is 0 Å². The summed E-state index contributed by atoms with van der Waals surface area (Å²) in [6.07, 6.45) is 4.58. The van der Waals surface area contributed by atoms with Crippen LogP contribution in [0.25, 0.3) is 6.08 Å². The maximum atomic E-state index is 9.60. The van der Waals surface area contributed by atoms with E-state index in [1.807, 2.05) is 12.1 Å². The van der Waals surface area contributed by atoms with Crippen LogP contribution in [-0.2, 0) is 4.74 Å². The molecular formula is C10H14N2O2. The van der Waals surface area contributed by atoms with Crippen LogP contribution in [0.15, 0.2) is 31.1 Å². The minimum atomic E-state index is -0.711. The van der Waals surface area contributed by atoms with Crippen molar-refractivity contribution in [1.82, 2.24) is 4.98 Å². The summed E-state index contributed by atoms with van der Waals surface area (Å²) in [4.78, 5) is 13.4. The molecule has 1 amide bonds. The van der Waals surface area contributed by atoms with Crippen molar-refractivity contribution in [2.75, 3.05) is 6.61 Å². The maximum Gasteiger partial charge on any atom is 0.404 e. The third kappa shape index (κ3) is 6.84. The molecule has 1 aromatic heterocycles. The number of ether oxygens (including phenoxy) is 1. The van der Waals surface area contributed by atoms with Crippen molar-refractivity contribution in [3.05, 3.63) is 36.7 Å². The molecule has 0 unspecified atom stereocenters. The van der Waals surface area contributed by atoms with Gasteiger partial charge in [0.2, 0.25) is 0 Å². The zero-order valence-electron chi connectivity index (χ0n) is 8.14. The number of rotatable bonds is 2. The molecule has 0 fully saturated rings. The molecule has 1 heterocycles. The predicted octanol–water partition coefficient (Wildman–Crippen LogP) is 1.83. The Bertz CT molecular complexity index is 273. The quantitative estimate of drug-likeness (QED) is 0.781. The lowest BCUT2D eigenvalue weighted by Gasteiger charge is -1.89. The van der Waals surface area contributed by atoms with Gasteiger partial charge in [-0.1, -0.05) is 12.7 Å². The van der Waals surface area contributed by atoms with Gasteiger partial charge in [-0.15, -0.1) is 0 Å². The normalized spacial score (nSPS) is 8.07. The highest BCUT2D eigenvalue weighted by molar-refractivity contribution is 5.64. The van der Waals surface area contributed by atoms with E-state index in [0.29, 0.717) is 6.61 Å². The standard InChI is InChI=1S/C7H7N.C3H7NO2/c1-2-7-3-5-8-6-4-7;1-2-6-3(4)5/h2-6H,1H2;2H2,1H3,(H2,4,5). The fraction of sp³-hybridized carbons (Fsp3) is 0.200. The Kier molecular flexibility index (Phi) is 6.77. The number of carbonyl (C=O) groups excluding carboxylic acids is 1. The highest BCUT2D eigenvalue weighted by Crippen LogP contribution is 1.94. The summed E-state index contributed by atoms with van der Waals surface area (Å²) in [6.45, 7) is 5.66. The van der Waals surface area contributed by atoms with E-state index in [9.17, 15) is 4.79 Å². The second-order valence-corrected chi connectivity index (χ2v) is 2.24. The van der Waals surface area contributed by atoms with E-state index in [1.165, 1.54) is 0 Å². The molecule has 1 aromatic rings. The van der Waals surface area contributed by atoms with Crippen LogP contribution in [0.2, 0.25) is 0 Å². The van der Waals surface area contributed by atoms with Gasteiger partial charge >= 0.3 is 6.09 Å². The molecule has 0 aliphatic heterocycles. The molecule has 0 aromatic carbocycles. The Morgan fingerprint density at radius 1 is 1.64 bits per heavy atom. The molecule has 14 heavy (non-hydrogen) atoms. The van der Waals surface area contributed by atoms with Crippen LogP contribution >= 0.6 is 0 Å². The molecule has 0 atom stereocenters. The Labute approximate surface area is 83.4 Å². The van der Waals surface area contributed by atoms with Crippen LogP contribution in [-0.4, -0.2) is 17.7 Å². The molecule has 0 radical (unpaired) electrons. The highest BCUT2D eigenvalue weighted by atomic mass is 16.5. The minimum absolute atomic E-state index is 0.356. The molecule has 4 heteroatoms. The molecule has 0 aliphatic rings. The summed E-state index contributed by atoms with van der Waals surface area (Å²) in [5, 5.41) is 0. The average Bonchev–Trinajstić information content (AvgIpc) is 2.20. The topological polar surface area (TPSA) is 65.2 Å². The SMILES string of the molecule is C=Cc1ccncc1.CCOC(N)=O. The van der Waals surface area contributed by atoms with Gasteiger partial charge in [0.25, 0.3) is 0 Å². The van der Waals surface area contributed by atoms with E-state index in [1.54, 1.807) is 25.4 Å². The zero-order chi connectivity index (χ0) is 10.8. The average molecular weight is 194 g/mol. The summed E-state index contributed by atoms with van der Waals surface area (Å²) >= 11 is 0. The van der Waals surface area contributed by atoms with Crippen molar-refractivity contribution < 1.29 is 9.53 Å². The van der Waals surface area contributed by atoms with Gasteiger partial charge in [0.05, 0.1) is 6.61 Å². The van der Waals surface area contributed by atoms with Crippen molar-refractivity contribution in [2.24, 2.45) is 5.73 Å². The third-order valence-electron chi connectivity index (χ3n) is 1.23. The predicted molar refractivity (Wildman–Crippen MR) is 55.5 cm³/mol. The molecule has 0 spiro atoms. The van der Waals surface area contributed by atoms with Crippen LogP contribution < -0.4 is 5.73 Å². The second kappa shape index (κ2) is 7.79. The molecule has 1 rings (SSSR count). The molecule has 0 bridgehead atoms. The van der Waals surface area contributed by atoms with Crippen molar-refractivity contribution in [3.63, 3.8) is 0 Å². The molecule has 0 saturated carbocycles. The molecule has 0 aliphatic carbocycles. The molecular weight excluding hydrogens is 180 g/mol. The lowest BCUT2D eigenvalue weighted by atomic mass is 10.3. The zero-order valence-corrected chi connectivity index (χ0v) is 8.14. The first-order valence-electron chi connectivity index (χ1n) is 4.15. The molecule has 4 nitrogen and oxygen atoms in total. The van der Waals surface area contributed by atoms with Crippen molar-refractivity contribution in [3.8, 4) is 0 Å². The van der Waals surface area contributed by atoms with Gasteiger partial charge in [-0.2, -0.15) is 0 Å². The van der Waals surface area contributed by atoms with Crippen LogP contribution in [0.4, 0.5) is 4.79 Å². The Balaban J connectivity index is 0.000000255. The first kappa shape index (κ1) is 12.2. The number of nitrogens with zero attached hydrogens (tertiary/aromatic N) is 1. The molecule has 0 saturated heterocycles. The van der Waals surface area contributed by atoms with E-state index >= 15 is 0 Å². The second-order valence-electron chi connectivity index (χ2n) is 2.24. The van der Waals surface area contributed by atoms with Crippen LogP contribution in [0.5, 0.6) is 0 Å². The maximum absolute atomic E-state index is 9.60. The van der Waals surface area contributed by atoms with Crippen LogP contribution in [0.1, 0.15) is 12.5 Å². The number of primary amides is 1. The van der Waals surface area contributed by atoms with Crippen molar-refractivity contribution in [2.45, 2.75) is 6.92 Å². The van der Waals surface area contributed by atoms with E-state index in [0.717, 1.165) is 5.56 Å². The summed E-state index contributed by atoms with van der Waals surface area (Å²) in [7, 11) is 0. The smallest absolute Gasteiger partial charge is 0.404 e. The number of pyridine rings is 1. The number of nitrogens with two attached hydrogens (primary N) is 1. The first-order chi connectivity index (χ1) is 6.70. The Morgan fingerprint density at radius 2 is 2.21 bits per heavy atom. The number of amides is 1. The van der Waals surface area contributed by atoms with Crippen LogP contribution in [0, 0.1) is 0 Å². The van der Waals surface area contributed by atoms with Crippen molar-refractivity contribution >= 4 is 12.2 Å². The number of aromatic nitrogens is 1. The summed E-state index contributed by atoms with van der Waals surface area (Å²) in [5.74, 6) is 0. The first-order valence-corrected chi connectivity index (χ1v) is 4.15.